The Morgan fingerprint density at radius 1 is 1.25 bits per heavy atom. The average molecular weight is 295 g/mol. The summed E-state index contributed by atoms with van der Waals surface area (Å²) in [7, 11) is 0. The summed E-state index contributed by atoms with van der Waals surface area (Å²) < 4.78 is 42.3. The number of hydrogen-bond acceptors (Lipinski definition) is 2. The van der Waals surface area contributed by atoms with E-state index in [-0.39, 0.29) is 0 Å². The number of furan rings is 1. The van der Waals surface area contributed by atoms with E-state index in [1.807, 2.05) is 0 Å². The van der Waals surface area contributed by atoms with E-state index in [0.29, 0.717) is 11.0 Å². The molecule has 1 aromatic carbocycles. The molecule has 1 N–H and O–H groups in total. The third kappa shape index (κ3) is 2.08. The maximum absolute atomic E-state index is 12.2. The molecule has 0 bridgehead atoms. The molecule has 6 heteroatoms. The molecule has 1 heterocycles. The van der Waals surface area contributed by atoms with Crippen LogP contribution in [0.2, 0.25) is 0 Å². The van der Waals surface area contributed by atoms with Crippen molar-refractivity contribution in [2.45, 2.75) is 12.3 Å². The van der Waals surface area contributed by atoms with Crippen molar-refractivity contribution < 1.29 is 22.7 Å². The SMILES string of the molecule is O[C@H](c1cc2cc(Br)ccc2o1)C(F)(F)F. The fourth-order valence-electron chi connectivity index (χ4n) is 1.33. The van der Waals surface area contributed by atoms with Gasteiger partial charge in [0.15, 0.2) is 0 Å². The van der Waals surface area contributed by atoms with Crippen LogP contribution in [0.15, 0.2) is 33.2 Å². The molecule has 0 aliphatic carbocycles. The quantitative estimate of drug-likeness (QED) is 0.868. The molecule has 86 valence electrons. The standard InChI is InChI=1S/C10H6BrF3O2/c11-6-1-2-7-5(3-6)4-8(16-7)9(15)10(12,13)14/h1-4,9,15H/t9-/m1/s1. The first-order valence-electron chi connectivity index (χ1n) is 4.32. The lowest BCUT2D eigenvalue weighted by molar-refractivity contribution is -0.211. The van der Waals surface area contributed by atoms with Crippen molar-refractivity contribution >= 4 is 26.9 Å². The third-order valence-electron chi connectivity index (χ3n) is 2.08. The molecule has 2 aromatic rings. The summed E-state index contributed by atoms with van der Waals surface area (Å²) in [5.41, 5.74) is 0.307. The van der Waals surface area contributed by atoms with Crippen LogP contribution in [0.1, 0.15) is 11.9 Å². The number of rotatable bonds is 1. The number of alkyl halides is 3. The van der Waals surface area contributed by atoms with Gasteiger partial charge in [-0.25, -0.2) is 0 Å². The summed E-state index contributed by atoms with van der Waals surface area (Å²) in [4.78, 5) is 0. The van der Waals surface area contributed by atoms with Gasteiger partial charge in [-0.2, -0.15) is 13.2 Å². The zero-order valence-corrected chi connectivity index (χ0v) is 9.34. The molecule has 16 heavy (non-hydrogen) atoms. The second-order valence-electron chi connectivity index (χ2n) is 3.28. The zero-order valence-electron chi connectivity index (χ0n) is 7.75. The summed E-state index contributed by atoms with van der Waals surface area (Å²) in [5.74, 6) is -0.499. The Labute approximate surface area is 96.8 Å². The van der Waals surface area contributed by atoms with E-state index in [4.69, 9.17) is 9.52 Å². The van der Waals surface area contributed by atoms with Gasteiger partial charge in [0, 0.05) is 9.86 Å². The van der Waals surface area contributed by atoms with Crippen LogP contribution in [0.4, 0.5) is 13.2 Å². The molecule has 2 nitrogen and oxygen atoms in total. The van der Waals surface area contributed by atoms with Gasteiger partial charge in [0.25, 0.3) is 0 Å². The summed E-state index contributed by atoms with van der Waals surface area (Å²) in [5, 5.41) is 9.50. The maximum Gasteiger partial charge on any atom is 0.421 e. The largest absolute Gasteiger partial charge is 0.458 e. The van der Waals surface area contributed by atoms with Gasteiger partial charge in [0.05, 0.1) is 0 Å². The molecule has 0 unspecified atom stereocenters. The Hall–Kier alpha value is -1.01. The molecule has 0 saturated carbocycles. The molecule has 1 aromatic heterocycles. The number of fused-ring (bicyclic) bond motifs is 1. The summed E-state index contributed by atoms with van der Waals surface area (Å²) in [6, 6.07) is 5.98. The number of halogens is 4. The van der Waals surface area contributed by atoms with Crippen LogP contribution < -0.4 is 0 Å². The molecule has 0 aliphatic heterocycles. The van der Waals surface area contributed by atoms with Crippen molar-refractivity contribution in [3.05, 3.63) is 34.5 Å². The topological polar surface area (TPSA) is 33.4 Å². The number of aliphatic hydroxyl groups excluding tert-OH is 1. The minimum atomic E-state index is -4.72. The second-order valence-corrected chi connectivity index (χ2v) is 4.19. The van der Waals surface area contributed by atoms with Crippen molar-refractivity contribution in [1.82, 2.24) is 0 Å². The Balaban J connectivity index is 2.47. The van der Waals surface area contributed by atoms with E-state index in [0.717, 1.165) is 4.47 Å². The van der Waals surface area contributed by atoms with Crippen LogP contribution in [-0.4, -0.2) is 11.3 Å². The highest BCUT2D eigenvalue weighted by Gasteiger charge is 2.41. The van der Waals surface area contributed by atoms with Gasteiger partial charge in [0.2, 0.25) is 6.10 Å². The Morgan fingerprint density at radius 2 is 1.94 bits per heavy atom. The van der Waals surface area contributed by atoms with Crippen molar-refractivity contribution in [3.8, 4) is 0 Å². The summed E-state index contributed by atoms with van der Waals surface area (Å²) >= 11 is 3.19. The zero-order chi connectivity index (χ0) is 11.9. The van der Waals surface area contributed by atoms with Gasteiger partial charge in [-0.3, -0.25) is 0 Å². The molecule has 0 fully saturated rings. The first-order chi connectivity index (χ1) is 7.38. The second kappa shape index (κ2) is 3.78. The highest BCUT2D eigenvalue weighted by Crippen LogP contribution is 2.35. The lowest BCUT2D eigenvalue weighted by atomic mass is 10.2. The molecular formula is C10H6BrF3O2. The molecule has 2 rings (SSSR count). The minimum Gasteiger partial charge on any atom is -0.458 e. The minimum absolute atomic E-state index is 0.307. The van der Waals surface area contributed by atoms with Crippen molar-refractivity contribution in [3.63, 3.8) is 0 Å². The highest BCUT2D eigenvalue weighted by atomic mass is 79.9. The van der Waals surface area contributed by atoms with Gasteiger partial charge in [0.1, 0.15) is 11.3 Å². The molecule has 0 aliphatic rings. The average Bonchev–Trinajstić information content (AvgIpc) is 2.57. The van der Waals surface area contributed by atoms with E-state index < -0.39 is 18.0 Å². The first-order valence-corrected chi connectivity index (χ1v) is 5.11. The fourth-order valence-corrected chi connectivity index (χ4v) is 1.71. The highest BCUT2D eigenvalue weighted by molar-refractivity contribution is 9.10. The van der Waals surface area contributed by atoms with Gasteiger partial charge < -0.3 is 9.52 Å². The number of hydrogen-bond donors (Lipinski definition) is 1. The number of aliphatic hydroxyl groups is 1. The van der Waals surface area contributed by atoms with Crippen LogP contribution in [0.5, 0.6) is 0 Å². The monoisotopic (exact) mass is 294 g/mol. The van der Waals surface area contributed by atoms with Crippen LogP contribution in [-0.2, 0) is 0 Å². The predicted octanol–water partition coefficient (Wildman–Crippen LogP) is 3.79. The lowest BCUT2D eigenvalue weighted by Gasteiger charge is -2.10. The van der Waals surface area contributed by atoms with E-state index in [1.54, 1.807) is 12.1 Å². The van der Waals surface area contributed by atoms with Gasteiger partial charge in [-0.1, -0.05) is 15.9 Å². The number of benzene rings is 1. The lowest BCUT2D eigenvalue weighted by Crippen LogP contribution is -2.19. The van der Waals surface area contributed by atoms with E-state index in [2.05, 4.69) is 15.9 Å². The molecule has 1 atom stereocenters. The third-order valence-corrected chi connectivity index (χ3v) is 2.57. The molecule has 0 spiro atoms. The summed E-state index contributed by atoms with van der Waals surface area (Å²) in [6.45, 7) is 0. The maximum atomic E-state index is 12.2. The Bertz CT molecular complexity index is 518. The van der Waals surface area contributed by atoms with Crippen LogP contribution in [0.3, 0.4) is 0 Å². The van der Waals surface area contributed by atoms with Crippen molar-refractivity contribution in [2.24, 2.45) is 0 Å². The Kier molecular flexibility index (Phi) is 2.71. The van der Waals surface area contributed by atoms with E-state index >= 15 is 0 Å². The van der Waals surface area contributed by atoms with Gasteiger partial charge in [-0.05, 0) is 24.3 Å². The van der Waals surface area contributed by atoms with Crippen molar-refractivity contribution in [2.75, 3.05) is 0 Å². The van der Waals surface area contributed by atoms with Crippen molar-refractivity contribution in [1.29, 1.82) is 0 Å². The van der Waals surface area contributed by atoms with E-state index in [1.165, 1.54) is 12.1 Å². The molecular weight excluding hydrogens is 289 g/mol. The van der Waals surface area contributed by atoms with Gasteiger partial charge in [-0.15, -0.1) is 0 Å². The molecule has 0 saturated heterocycles. The Morgan fingerprint density at radius 3 is 2.56 bits per heavy atom. The van der Waals surface area contributed by atoms with Gasteiger partial charge >= 0.3 is 6.18 Å². The van der Waals surface area contributed by atoms with Crippen LogP contribution >= 0.6 is 15.9 Å². The molecule has 0 radical (unpaired) electrons. The normalized spacial score (nSPS) is 14.3. The van der Waals surface area contributed by atoms with E-state index in [9.17, 15) is 13.2 Å². The van der Waals surface area contributed by atoms with Crippen LogP contribution in [0.25, 0.3) is 11.0 Å². The smallest absolute Gasteiger partial charge is 0.421 e. The predicted molar refractivity (Wildman–Crippen MR) is 54.9 cm³/mol. The molecule has 0 amide bonds. The summed E-state index contributed by atoms with van der Waals surface area (Å²) in [6.07, 6.45) is -7.30. The fraction of sp³-hybridized carbons (Fsp3) is 0.200. The van der Waals surface area contributed by atoms with Crippen LogP contribution in [0, 0.1) is 0 Å². The first kappa shape index (κ1) is 11.5.